The molecule has 0 aromatic rings. The van der Waals surface area contributed by atoms with Crippen LogP contribution in [0.3, 0.4) is 0 Å². The van der Waals surface area contributed by atoms with Crippen molar-refractivity contribution in [3.63, 3.8) is 0 Å². The monoisotopic (exact) mass is 222 g/mol. The molecule has 2 aliphatic rings. The van der Waals surface area contributed by atoms with Crippen LogP contribution in [0.2, 0.25) is 0 Å². The van der Waals surface area contributed by atoms with Crippen LogP contribution in [0.25, 0.3) is 0 Å². The number of nitrogens with zero attached hydrogens (tertiary/aromatic N) is 1. The van der Waals surface area contributed by atoms with Crippen molar-refractivity contribution >= 4 is 11.7 Å². The molecule has 0 aromatic heterocycles. The summed E-state index contributed by atoms with van der Waals surface area (Å²) in [5.41, 5.74) is 0. The average molecular weight is 222 g/mol. The Hall–Kier alpha value is -0.860. The van der Waals surface area contributed by atoms with E-state index in [-0.39, 0.29) is 11.9 Å². The third-order valence-electron chi connectivity index (χ3n) is 3.83. The number of nitrogens with one attached hydrogen (secondary N) is 1. The summed E-state index contributed by atoms with van der Waals surface area (Å²) in [5.74, 6) is 2.72. The first-order valence-corrected chi connectivity index (χ1v) is 6.46. The van der Waals surface area contributed by atoms with E-state index < -0.39 is 0 Å². The van der Waals surface area contributed by atoms with Crippen molar-refractivity contribution in [2.75, 3.05) is 0 Å². The fraction of sp³-hybridized carbons (Fsp3) is 0.846. The van der Waals surface area contributed by atoms with Gasteiger partial charge in [-0.25, -0.2) is 0 Å². The summed E-state index contributed by atoms with van der Waals surface area (Å²) in [4.78, 5) is 16.3. The van der Waals surface area contributed by atoms with Crippen LogP contribution < -0.4 is 5.32 Å². The van der Waals surface area contributed by atoms with E-state index >= 15 is 0 Å². The van der Waals surface area contributed by atoms with Crippen LogP contribution in [-0.4, -0.2) is 17.8 Å². The molecule has 0 aromatic carbocycles. The van der Waals surface area contributed by atoms with Gasteiger partial charge in [-0.2, -0.15) is 0 Å². The highest BCUT2D eigenvalue weighted by Gasteiger charge is 2.33. The van der Waals surface area contributed by atoms with E-state index in [0.29, 0.717) is 11.8 Å². The zero-order valence-corrected chi connectivity index (χ0v) is 10.5. The number of hydrogen-bond acceptors (Lipinski definition) is 2. The van der Waals surface area contributed by atoms with Crippen molar-refractivity contribution in [3.8, 4) is 0 Å². The predicted molar refractivity (Wildman–Crippen MR) is 65.3 cm³/mol. The Labute approximate surface area is 97.7 Å². The van der Waals surface area contributed by atoms with Crippen LogP contribution in [-0.2, 0) is 4.79 Å². The molecule has 1 atom stereocenters. The molecule has 90 valence electrons. The number of aliphatic imine (C=N–C) groups is 1. The molecular formula is C13H22N2O. The highest BCUT2D eigenvalue weighted by atomic mass is 16.2. The van der Waals surface area contributed by atoms with Crippen molar-refractivity contribution in [1.82, 2.24) is 5.32 Å². The van der Waals surface area contributed by atoms with Gasteiger partial charge in [0, 0.05) is 5.92 Å². The quantitative estimate of drug-likeness (QED) is 0.765. The molecule has 1 amide bonds. The third-order valence-corrected chi connectivity index (χ3v) is 3.83. The van der Waals surface area contributed by atoms with E-state index in [9.17, 15) is 4.79 Å². The predicted octanol–water partition coefficient (Wildman–Crippen LogP) is 2.37. The largest absolute Gasteiger partial charge is 0.312 e. The van der Waals surface area contributed by atoms with Gasteiger partial charge in [-0.15, -0.1) is 0 Å². The summed E-state index contributed by atoms with van der Waals surface area (Å²) in [6.45, 7) is 6.42. The fourth-order valence-electron chi connectivity index (χ4n) is 2.63. The van der Waals surface area contributed by atoms with Crippen LogP contribution in [0, 0.1) is 17.8 Å². The lowest BCUT2D eigenvalue weighted by molar-refractivity contribution is -0.120. The van der Waals surface area contributed by atoms with Crippen LogP contribution in [0.1, 0.15) is 46.5 Å². The molecule has 0 spiro atoms. The SMILES string of the molecule is CC1CCC(C2=NC(C(C)C)C(=O)N2)CC1. The summed E-state index contributed by atoms with van der Waals surface area (Å²) in [6, 6.07) is -0.144. The van der Waals surface area contributed by atoms with Gasteiger partial charge in [0.1, 0.15) is 11.9 Å². The minimum absolute atomic E-state index is 0.101. The molecule has 2 rings (SSSR count). The first-order chi connectivity index (χ1) is 7.58. The zero-order chi connectivity index (χ0) is 11.7. The molecule has 1 aliphatic heterocycles. The molecule has 3 nitrogen and oxygen atoms in total. The Morgan fingerprint density at radius 3 is 2.38 bits per heavy atom. The van der Waals surface area contributed by atoms with Crippen molar-refractivity contribution < 1.29 is 4.79 Å². The Balaban J connectivity index is 2.01. The number of amides is 1. The normalized spacial score (nSPS) is 35.1. The fourth-order valence-corrected chi connectivity index (χ4v) is 2.63. The van der Waals surface area contributed by atoms with Crippen LogP contribution in [0.5, 0.6) is 0 Å². The Kier molecular flexibility index (Phi) is 3.31. The lowest BCUT2D eigenvalue weighted by atomic mass is 9.82. The summed E-state index contributed by atoms with van der Waals surface area (Å²) < 4.78 is 0. The van der Waals surface area contributed by atoms with Crippen molar-refractivity contribution in [2.45, 2.75) is 52.5 Å². The van der Waals surface area contributed by atoms with E-state index in [4.69, 9.17) is 0 Å². The van der Waals surface area contributed by atoms with Crippen molar-refractivity contribution in [1.29, 1.82) is 0 Å². The van der Waals surface area contributed by atoms with E-state index in [0.717, 1.165) is 11.8 Å². The molecule has 0 saturated heterocycles. The molecule has 1 unspecified atom stereocenters. The summed E-state index contributed by atoms with van der Waals surface area (Å²) >= 11 is 0. The number of amidine groups is 1. The van der Waals surface area contributed by atoms with Gasteiger partial charge in [0.25, 0.3) is 0 Å². The highest BCUT2D eigenvalue weighted by Crippen LogP contribution is 2.30. The van der Waals surface area contributed by atoms with Gasteiger partial charge >= 0.3 is 0 Å². The van der Waals surface area contributed by atoms with Crippen LogP contribution in [0.4, 0.5) is 0 Å². The lowest BCUT2D eigenvalue weighted by Gasteiger charge is -2.25. The maximum absolute atomic E-state index is 11.7. The maximum Gasteiger partial charge on any atom is 0.250 e. The first kappa shape index (κ1) is 11.6. The topological polar surface area (TPSA) is 41.5 Å². The minimum Gasteiger partial charge on any atom is -0.312 e. The third kappa shape index (κ3) is 2.28. The molecular weight excluding hydrogens is 200 g/mol. The molecule has 1 fully saturated rings. The van der Waals surface area contributed by atoms with Gasteiger partial charge in [0.15, 0.2) is 0 Å². The van der Waals surface area contributed by atoms with Gasteiger partial charge in [-0.1, -0.05) is 33.6 Å². The molecule has 3 heteroatoms. The highest BCUT2D eigenvalue weighted by molar-refractivity contribution is 6.06. The number of hydrogen-bond donors (Lipinski definition) is 1. The van der Waals surface area contributed by atoms with Gasteiger partial charge in [0.05, 0.1) is 0 Å². The minimum atomic E-state index is -0.144. The van der Waals surface area contributed by atoms with Gasteiger partial charge in [0.2, 0.25) is 5.91 Å². The van der Waals surface area contributed by atoms with Crippen LogP contribution >= 0.6 is 0 Å². The standard InChI is InChI=1S/C13H22N2O/c1-8(2)11-13(16)15-12(14-11)10-6-4-9(3)5-7-10/h8-11H,4-7H2,1-3H3,(H,14,15,16). The van der Waals surface area contributed by atoms with Crippen LogP contribution in [0.15, 0.2) is 4.99 Å². The van der Waals surface area contributed by atoms with E-state index in [1.807, 2.05) is 0 Å². The number of carbonyl (C=O) groups is 1. The Morgan fingerprint density at radius 1 is 1.25 bits per heavy atom. The van der Waals surface area contributed by atoms with Crippen molar-refractivity contribution in [2.24, 2.45) is 22.7 Å². The first-order valence-electron chi connectivity index (χ1n) is 6.46. The molecule has 16 heavy (non-hydrogen) atoms. The Bertz CT molecular complexity index is 301. The van der Waals surface area contributed by atoms with Crippen molar-refractivity contribution in [3.05, 3.63) is 0 Å². The van der Waals surface area contributed by atoms with E-state index in [1.165, 1.54) is 25.7 Å². The summed E-state index contributed by atoms with van der Waals surface area (Å²) in [6.07, 6.45) is 4.91. The number of rotatable bonds is 2. The van der Waals surface area contributed by atoms with Gasteiger partial charge in [-0.3, -0.25) is 9.79 Å². The zero-order valence-electron chi connectivity index (χ0n) is 10.5. The lowest BCUT2D eigenvalue weighted by Crippen LogP contribution is -2.35. The smallest absolute Gasteiger partial charge is 0.250 e. The molecule has 0 radical (unpaired) electrons. The van der Waals surface area contributed by atoms with Gasteiger partial charge < -0.3 is 5.32 Å². The molecule has 1 N–H and O–H groups in total. The summed E-state index contributed by atoms with van der Waals surface area (Å²) in [5, 5.41) is 2.98. The second-order valence-electron chi connectivity index (χ2n) is 5.65. The maximum atomic E-state index is 11.7. The Morgan fingerprint density at radius 2 is 1.88 bits per heavy atom. The second-order valence-corrected chi connectivity index (χ2v) is 5.65. The average Bonchev–Trinajstić information content (AvgIpc) is 2.61. The molecule has 1 aliphatic carbocycles. The molecule has 0 bridgehead atoms. The second kappa shape index (κ2) is 4.56. The van der Waals surface area contributed by atoms with Gasteiger partial charge in [-0.05, 0) is 24.7 Å². The summed E-state index contributed by atoms with van der Waals surface area (Å²) in [7, 11) is 0. The molecule has 1 saturated carbocycles. The van der Waals surface area contributed by atoms with E-state index in [2.05, 4.69) is 31.1 Å². The van der Waals surface area contributed by atoms with E-state index in [1.54, 1.807) is 0 Å². The number of carbonyl (C=O) groups excluding carboxylic acids is 1. The molecule has 1 heterocycles.